The van der Waals surface area contributed by atoms with Crippen molar-refractivity contribution in [2.75, 3.05) is 0 Å². The molecule has 10 heavy (non-hydrogen) atoms. The van der Waals surface area contributed by atoms with Crippen LogP contribution in [0.4, 0.5) is 0 Å². The van der Waals surface area contributed by atoms with Gasteiger partial charge in [-0.15, -0.1) is 0 Å². The summed E-state index contributed by atoms with van der Waals surface area (Å²) in [7, 11) is 0. The molecule has 0 aromatic rings. The predicted octanol–water partition coefficient (Wildman–Crippen LogP) is 1.19. The Kier molecular flexibility index (Phi) is 1.88. The molecule has 0 radical (unpaired) electrons. The summed E-state index contributed by atoms with van der Waals surface area (Å²) in [6, 6.07) is 0. The van der Waals surface area contributed by atoms with E-state index in [1.165, 1.54) is 0 Å². The molecule has 2 atom stereocenters. The summed E-state index contributed by atoms with van der Waals surface area (Å²) < 4.78 is 0. The molecule has 2 nitrogen and oxygen atoms in total. The van der Waals surface area contributed by atoms with Crippen LogP contribution in [0.1, 0.15) is 26.7 Å². The molecule has 0 saturated heterocycles. The highest BCUT2D eigenvalue weighted by molar-refractivity contribution is 6.09. The molecular formula is C8H12O2. The van der Waals surface area contributed by atoms with Gasteiger partial charge in [-0.1, -0.05) is 13.8 Å². The van der Waals surface area contributed by atoms with Crippen molar-refractivity contribution >= 4 is 11.6 Å². The van der Waals surface area contributed by atoms with E-state index < -0.39 is 0 Å². The zero-order valence-corrected chi connectivity index (χ0v) is 6.39. The van der Waals surface area contributed by atoms with Crippen molar-refractivity contribution < 1.29 is 9.59 Å². The van der Waals surface area contributed by atoms with Gasteiger partial charge in [0, 0.05) is 12.3 Å². The third-order valence-electron chi connectivity index (χ3n) is 2.13. The van der Waals surface area contributed by atoms with Gasteiger partial charge in [0.2, 0.25) is 0 Å². The maximum Gasteiger partial charge on any atom is 0.146 e. The molecule has 0 spiro atoms. The fourth-order valence-corrected chi connectivity index (χ4v) is 1.48. The van der Waals surface area contributed by atoms with Crippen LogP contribution in [-0.2, 0) is 9.59 Å². The largest absolute Gasteiger partial charge is 0.299 e. The van der Waals surface area contributed by atoms with Crippen molar-refractivity contribution in [1.82, 2.24) is 0 Å². The van der Waals surface area contributed by atoms with Gasteiger partial charge in [0.1, 0.15) is 11.6 Å². The summed E-state index contributed by atoms with van der Waals surface area (Å²) in [6.45, 7) is 3.72. The Labute approximate surface area is 60.6 Å². The minimum Gasteiger partial charge on any atom is -0.299 e. The van der Waals surface area contributed by atoms with Crippen LogP contribution in [0.5, 0.6) is 0 Å². The zero-order valence-electron chi connectivity index (χ0n) is 6.39. The summed E-state index contributed by atoms with van der Waals surface area (Å²) in [6.07, 6.45) is 1.15. The lowest BCUT2D eigenvalue weighted by Crippen LogP contribution is -2.14. The van der Waals surface area contributed by atoms with E-state index in [9.17, 15) is 9.59 Å². The molecule has 56 valence electrons. The van der Waals surface area contributed by atoms with Gasteiger partial charge in [-0.2, -0.15) is 0 Å². The number of hydrogen-bond donors (Lipinski definition) is 0. The number of ketones is 2. The predicted molar refractivity (Wildman–Crippen MR) is 37.6 cm³/mol. The Bertz CT molecular complexity index is 172. The third kappa shape index (κ3) is 0.981. The first-order valence-corrected chi connectivity index (χ1v) is 3.73. The van der Waals surface area contributed by atoms with Gasteiger partial charge in [-0.3, -0.25) is 9.59 Å². The second-order valence-electron chi connectivity index (χ2n) is 2.93. The summed E-state index contributed by atoms with van der Waals surface area (Å²) in [5.74, 6) is -0.0000463. The van der Waals surface area contributed by atoms with E-state index >= 15 is 0 Å². The van der Waals surface area contributed by atoms with Crippen LogP contribution < -0.4 is 0 Å². The van der Waals surface area contributed by atoms with Crippen LogP contribution in [0.2, 0.25) is 0 Å². The average molecular weight is 140 g/mol. The van der Waals surface area contributed by atoms with E-state index in [0.29, 0.717) is 12.8 Å². The summed E-state index contributed by atoms with van der Waals surface area (Å²) in [5.41, 5.74) is 0. The van der Waals surface area contributed by atoms with E-state index in [-0.39, 0.29) is 23.4 Å². The van der Waals surface area contributed by atoms with Crippen LogP contribution in [0.3, 0.4) is 0 Å². The third-order valence-corrected chi connectivity index (χ3v) is 2.13. The van der Waals surface area contributed by atoms with E-state index in [2.05, 4.69) is 0 Å². The van der Waals surface area contributed by atoms with Crippen molar-refractivity contribution in [3.63, 3.8) is 0 Å². The first-order valence-electron chi connectivity index (χ1n) is 3.73. The summed E-state index contributed by atoms with van der Waals surface area (Å²) in [4.78, 5) is 22.1. The highest BCUT2D eigenvalue weighted by atomic mass is 16.2. The number of Topliss-reactive ketones (excluding diaryl/α,β-unsaturated/α-hetero) is 2. The van der Waals surface area contributed by atoms with Gasteiger partial charge in [-0.25, -0.2) is 0 Å². The minimum atomic E-state index is -0.269. The standard InChI is InChI=1S/C8H12O2/c1-3-6-7(9)4-5(2)8(6)10/h5-6H,3-4H2,1-2H3. The smallest absolute Gasteiger partial charge is 0.146 e. The van der Waals surface area contributed by atoms with Gasteiger partial charge >= 0.3 is 0 Å². The van der Waals surface area contributed by atoms with Crippen LogP contribution in [-0.4, -0.2) is 11.6 Å². The van der Waals surface area contributed by atoms with E-state index in [1.807, 2.05) is 13.8 Å². The van der Waals surface area contributed by atoms with E-state index in [1.54, 1.807) is 0 Å². The lowest BCUT2D eigenvalue weighted by molar-refractivity contribution is -0.128. The first-order chi connectivity index (χ1) is 4.66. The summed E-state index contributed by atoms with van der Waals surface area (Å²) in [5, 5.41) is 0. The molecule has 1 aliphatic carbocycles. The second-order valence-corrected chi connectivity index (χ2v) is 2.93. The molecule has 0 heterocycles. The van der Waals surface area contributed by atoms with Crippen LogP contribution >= 0.6 is 0 Å². The van der Waals surface area contributed by atoms with Crippen molar-refractivity contribution in [3.8, 4) is 0 Å². The fraction of sp³-hybridized carbons (Fsp3) is 0.750. The molecule has 2 unspecified atom stereocenters. The highest BCUT2D eigenvalue weighted by Gasteiger charge is 2.36. The lowest BCUT2D eigenvalue weighted by atomic mass is 10.0. The number of rotatable bonds is 1. The quantitative estimate of drug-likeness (QED) is 0.513. The first kappa shape index (κ1) is 7.45. The second kappa shape index (κ2) is 2.52. The van der Waals surface area contributed by atoms with E-state index in [0.717, 1.165) is 0 Å². The Morgan fingerprint density at radius 1 is 1.50 bits per heavy atom. The minimum absolute atomic E-state index is 0.0163. The van der Waals surface area contributed by atoms with Crippen LogP contribution in [0.15, 0.2) is 0 Å². The zero-order chi connectivity index (χ0) is 7.72. The molecule has 0 aromatic heterocycles. The number of carbonyl (C=O) groups excluding carboxylic acids is 2. The van der Waals surface area contributed by atoms with Crippen molar-refractivity contribution in [1.29, 1.82) is 0 Å². The van der Waals surface area contributed by atoms with E-state index in [4.69, 9.17) is 0 Å². The molecule has 0 amide bonds. The molecule has 1 rings (SSSR count). The molecule has 1 fully saturated rings. The van der Waals surface area contributed by atoms with Crippen molar-refractivity contribution in [2.24, 2.45) is 11.8 Å². The van der Waals surface area contributed by atoms with Crippen molar-refractivity contribution in [3.05, 3.63) is 0 Å². The molecule has 0 bridgehead atoms. The maximum absolute atomic E-state index is 11.1. The normalized spacial score (nSPS) is 33.4. The molecule has 2 heteroatoms. The number of hydrogen-bond acceptors (Lipinski definition) is 2. The Morgan fingerprint density at radius 2 is 2.10 bits per heavy atom. The van der Waals surface area contributed by atoms with Crippen LogP contribution in [0, 0.1) is 11.8 Å². The van der Waals surface area contributed by atoms with Gasteiger partial charge in [0.05, 0.1) is 5.92 Å². The molecule has 0 aliphatic heterocycles. The molecule has 1 aliphatic rings. The highest BCUT2D eigenvalue weighted by Crippen LogP contribution is 2.25. The SMILES string of the molecule is CCC1C(=O)CC(C)C1=O. The molecule has 0 aromatic carbocycles. The van der Waals surface area contributed by atoms with Crippen molar-refractivity contribution in [2.45, 2.75) is 26.7 Å². The Balaban J connectivity index is 2.74. The average Bonchev–Trinajstić information content (AvgIpc) is 2.09. The fourth-order valence-electron chi connectivity index (χ4n) is 1.48. The van der Waals surface area contributed by atoms with Crippen LogP contribution in [0.25, 0.3) is 0 Å². The molecule has 1 saturated carbocycles. The maximum atomic E-state index is 11.1. The molecular weight excluding hydrogens is 128 g/mol. The summed E-state index contributed by atoms with van der Waals surface area (Å²) >= 11 is 0. The topological polar surface area (TPSA) is 34.1 Å². The Morgan fingerprint density at radius 3 is 2.30 bits per heavy atom. The monoisotopic (exact) mass is 140 g/mol. The van der Waals surface area contributed by atoms with Gasteiger partial charge in [0.15, 0.2) is 0 Å². The Hall–Kier alpha value is -0.660. The lowest BCUT2D eigenvalue weighted by Gasteiger charge is -2.00. The molecule has 0 N–H and O–H groups in total. The van der Waals surface area contributed by atoms with Gasteiger partial charge in [0.25, 0.3) is 0 Å². The van der Waals surface area contributed by atoms with Gasteiger partial charge < -0.3 is 0 Å². The number of carbonyl (C=O) groups is 2. The van der Waals surface area contributed by atoms with Gasteiger partial charge in [-0.05, 0) is 6.42 Å².